The van der Waals surface area contributed by atoms with Crippen LogP contribution in [0.5, 0.6) is 0 Å². The van der Waals surface area contributed by atoms with E-state index in [-0.39, 0.29) is 29.9 Å². The normalized spacial score (nSPS) is 11.1. The van der Waals surface area contributed by atoms with Gasteiger partial charge in [0.2, 0.25) is 0 Å². The van der Waals surface area contributed by atoms with Gasteiger partial charge >= 0.3 is 6.09 Å². The number of hydrogen-bond donors (Lipinski definition) is 4. The summed E-state index contributed by atoms with van der Waals surface area (Å²) < 4.78 is 5.17. The zero-order valence-electron chi connectivity index (χ0n) is 17.2. The molecule has 0 bridgehead atoms. The van der Waals surface area contributed by atoms with Gasteiger partial charge in [0.05, 0.1) is 0 Å². The van der Waals surface area contributed by atoms with Crippen molar-refractivity contribution in [2.24, 2.45) is 4.99 Å². The van der Waals surface area contributed by atoms with Gasteiger partial charge in [-0.1, -0.05) is 12.1 Å². The Morgan fingerprint density at radius 1 is 1.07 bits per heavy atom. The molecule has 1 aromatic rings. The van der Waals surface area contributed by atoms with E-state index in [1.54, 1.807) is 13.1 Å². The molecule has 0 unspecified atom stereocenters. The summed E-state index contributed by atoms with van der Waals surface area (Å²) in [7, 11) is 1.67. The van der Waals surface area contributed by atoms with Gasteiger partial charge in [-0.3, -0.25) is 9.79 Å². The highest BCUT2D eigenvalue weighted by atomic mass is 127. The van der Waals surface area contributed by atoms with Gasteiger partial charge in [0.1, 0.15) is 5.60 Å². The largest absolute Gasteiger partial charge is 0.444 e. The molecule has 0 fully saturated rings. The van der Waals surface area contributed by atoms with Gasteiger partial charge in [-0.05, 0) is 45.4 Å². The maximum atomic E-state index is 11.9. The molecule has 0 saturated heterocycles. The zero-order chi connectivity index (χ0) is 20.3. The van der Waals surface area contributed by atoms with Gasteiger partial charge < -0.3 is 26.0 Å². The fraction of sp³-hybridized carbons (Fsp3) is 0.526. The first-order valence-electron chi connectivity index (χ1n) is 9.03. The van der Waals surface area contributed by atoms with Gasteiger partial charge in [-0.25, -0.2) is 4.79 Å². The molecule has 2 amide bonds. The molecule has 0 heterocycles. The smallest absolute Gasteiger partial charge is 0.407 e. The van der Waals surface area contributed by atoms with Crippen LogP contribution in [0.15, 0.2) is 29.3 Å². The molecular weight excluding hydrogens is 473 g/mol. The minimum Gasteiger partial charge on any atom is -0.444 e. The maximum absolute atomic E-state index is 11.9. The molecule has 9 heteroatoms. The molecule has 0 radical (unpaired) electrons. The molecule has 28 heavy (non-hydrogen) atoms. The molecule has 0 spiro atoms. The highest BCUT2D eigenvalue weighted by Crippen LogP contribution is 2.06. The number of nitrogens with one attached hydrogen (secondary N) is 4. The van der Waals surface area contributed by atoms with E-state index in [1.807, 2.05) is 45.9 Å². The summed E-state index contributed by atoms with van der Waals surface area (Å²) in [5, 5.41) is 11.7. The monoisotopic (exact) mass is 505 g/mol. The van der Waals surface area contributed by atoms with Crippen molar-refractivity contribution < 1.29 is 14.3 Å². The molecule has 0 aliphatic rings. The van der Waals surface area contributed by atoms with E-state index in [9.17, 15) is 9.59 Å². The Morgan fingerprint density at radius 2 is 1.75 bits per heavy atom. The van der Waals surface area contributed by atoms with Crippen molar-refractivity contribution in [3.63, 3.8) is 0 Å². The molecule has 8 nitrogen and oxygen atoms in total. The molecule has 0 aliphatic carbocycles. The Morgan fingerprint density at radius 3 is 2.36 bits per heavy atom. The van der Waals surface area contributed by atoms with Gasteiger partial charge in [-0.2, -0.15) is 0 Å². The van der Waals surface area contributed by atoms with E-state index in [2.05, 4.69) is 26.3 Å². The molecule has 1 aromatic carbocycles. The molecule has 158 valence electrons. The van der Waals surface area contributed by atoms with Gasteiger partial charge in [0.25, 0.3) is 5.91 Å². The van der Waals surface area contributed by atoms with Gasteiger partial charge in [0.15, 0.2) is 5.96 Å². The van der Waals surface area contributed by atoms with Crippen molar-refractivity contribution in [2.75, 3.05) is 26.7 Å². The summed E-state index contributed by atoms with van der Waals surface area (Å²) in [5.41, 5.74) is 1.08. The van der Waals surface area contributed by atoms with Gasteiger partial charge in [-0.15, -0.1) is 24.0 Å². The van der Waals surface area contributed by atoms with Crippen LogP contribution in [-0.4, -0.2) is 50.2 Å². The molecule has 1 rings (SSSR count). The average molecular weight is 505 g/mol. The Labute approximate surface area is 184 Å². The van der Waals surface area contributed by atoms with Gasteiger partial charge in [0, 0.05) is 38.8 Å². The number of carbonyl (C=O) groups excluding carboxylic acids is 2. The Kier molecular flexibility index (Phi) is 12.2. The second-order valence-corrected chi connectivity index (χ2v) is 6.84. The van der Waals surface area contributed by atoms with E-state index in [1.165, 1.54) is 0 Å². The number of benzene rings is 1. The van der Waals surface area contributed by atoms with Crippen molar-refractivity contribution in [2.45, 2.75) is 39.8 Å². The lowest BCUT2D eigenvalue weighted by Gasteiger charge is -2.20. The SMILES string of the molecule is CCNC(=O)c1cccc(CNC(=NC)NCCNC(=O)OC(C)(C)C)c1.I. The molecule has 0 aliphatic heterocycles. The molecular formula is C19H32IN5O3. The topological polar surface area (TPSA) is 104 Å². The number of amides is 2. The second-order valence-electron chi connectivity index (χ2n) is 6.84. The number of alkyl carbamates (subject to hydrolysis) is 1. The lowest BCUT2D eigenvalue weighted by Crippen LogP contribution is -2.42. The summed E-state index contributed by atoms with van der Waals surface area (Å²) in [6, 6.07) is 7.41. The van der Waals surface area contributed by atoms with E-state index in [0.717, 1.165) is 5.56 Å². The molecule has 0 atom stereocenters. The number of ether oxygens (including phenoxy) is 1. The van der Waals surface area contributed by atoms with Crippen LogP contribution < -0.4 is 21.3 Å². The fourth-order valence-electron chi connectivity index (χ4n) is 2.15. The van der Waals surface area contributed by atoms with E-state index >= 15 is 0 Å². The van der Waals surface area contributed by atoms with Crippen molar-refractivity contribution in [3.05, 3.63) is 35.4 Å². The molecule has 4 N–H and O–H groups in total. The third-order valence-electron chi connectivity index (χ3n) is 3.30. The standard InChI is InChI=1S/C19H31N5O3.HI/c1-6-21-16(25)15-9-7-8-14(12-15)13-24-17(20-5)22-10-11-23-18(26)27-19(2,3)4;/h7-9,12H,6,10-11,13H2,1-5H3,(H,21,25)(H,23,26)(H2,20,22,24);1H. The lowest BCUT2D eigenvalue weighted by molar-refractivity contribution is 0.0528. The quantitative estimate of drug-likeness (QED) is 0.197. The third-order valence-corrected chi connectivity index (χ3v) is 3.30. The maximum Gasteiger partial charge on any atom is 0.407 e. The van der Waals surface area contributed by atoms with E-state index in [0.29, 0.717) is 37.7 Å². The predicted octanol–water partition coefficient (Wildman–Crippen LogP) is 2.24. The first-order chi connectivity index (χ1) is 12.7. The van der Waals surface area contributed by atoms with Crippen molar-refractivity contribution in [1.29, 1.82) is 0 Å². The summed E-state index contributed by atoms with van der Waals surface area (Å²) in [6.45, 7) is 9.35. The van der Waals surface area contributed by atoms with Crippen LogP contribution in [0.4, 0.5) is 4.79 Å². The van der Waals surface area contributed by atoms with E-state index in [4.69, 9.17) is 4.74 Å². The first-order valence-corrected chi connectivity index (χ1v) is 9.03. The number of aliphatic imine (C=N–C) groups is 1. The zero-order valence-corrected chi connectivity index (χ0v) is 19.5. The minimum atomic E-state index is -0.516. The predicted molar refractivity (Wildman–Crippen MR) is 122 cm³/mol. The number of nitrogens with zero attached hydrogens (tertiary/aromatic N) is 1. The number of carbonyl (C=O) groups is 2. The van der Waals surface area contributed by atoms with Crippen molar-refractivity contribution in [1.82, 2.24) is 21.3 Å². The van der Waals surface area contributed by atoms with Crippen LogP contribution in [0, 0.1) is 0 Å². The van der Waals surface area contributed by atoms with Crippen LogP contribution in [0.3, 0.4) is 0 Å². The molecule has 0 aromatic heterocycles. The summed E-state index contributed by atoms with van der Waals surface area (Å²) >= 11 is 0. The average Bonchev–Trinajstić information content (AvgIpc) is 2.60. The van der Waals surface area contributed by atoms with Crippen LogP contribution >= 0.6 is 24.0 Å². The minimum absolute atomic E-state index is 0. The summed E-state index contributed by atoms with van der Waals surface area (Å²) in [4.78, 5) is 27.6. The molecule has 0 saturated carbocycles. The Hall–Kier alpha value is -2.04. The van der Waals surface area contributed by atoms with E-state index < -0.39 is 11.7 Å². The fourth-order valence-corrected chi connectivity index (χ4v) is 2.15. The van der Waals surface area contributed by atoms with Crippen LogP contribution in [-0.2, 0) is 11.3 Å². The summed E-state index contributed by atoms with van der Waals surface area (Å²) in [5.74, 6) is 0.513. The van der Waals surface area contributed by atoms with Crippen LogP contribution in [0.2, 0.25) is 0 Å². The highest BCUT2D eigenvalue weighted by Gasteiger charge is 2.15. The number of hydrogen-bond acceptors (Lipinski definition) is 4. The third kappa shape index (κ3) is 11.0. The van der Waals surface area contributed by atoms with Crippen LogP contribution in [0.25, 0.3) is 0 Å². The number of guanidine groups is 1. The van der Waals surface area contributed by atoms with Crippen LogP contribution in [0.1, 0.15) is 43.6 Å². The summed E-state index contributed by atoms with van der Waals surface area (Å²) in [6.07, 6.45) is -0.450. The highest BCUT2D eigenvalue weighted by molar-refractivity contribution is 14.0. The lowest BCUT2D eigenvalue weighted by atomic mass is 10.1. The Balaban J connectivity index is 0.00000729. The first kappa shape index (κ1) is 26.0. The number of rotatable bonds is 7. The van der Waals surface area contributed by atoms with Crippen molar-refractivity contribution in [3.8, 4) is 0 Å². The number of halogens is 1. The Bertz CT molecular complexity index is 659. The van der Waals surface area contributed by atoms with Crippen molar-refractivity contribution >= 4 is 41.9 Å². The second kappa shape index (κ2) is 13.2.